The molecular formula is C18H18N2O2. The zero-order valence-electron chi connectivity index (χ0n) is 12.6. The van der Waals surface area contributed by atoms with Crippen molar-refractivity contribution in [2.24, 2.45) is 0 Å². The van der Waals surface area contributed by atoms with Crippen molar-refractivity contribution in [3.8, 4) is 23.1 Å². The average molecular weight is 294 g/mol. The van der Waals surface area contributed by atoms with Crippen molar-refractivity contribution < 1.29 is 4.74 Å². The second-order valence-corrected chi connectivity index (χ2v) is 5.66. The van der Waals surface area contributed by atoms with E-state index in [0.29, 0.717) is 5.92 Å². The van der Waals surface area contributed by atoms with Gasteiger partial charge in [-0.25, -0.2) is 0 Å². The van der Waals surface area contributed by atoms with Crippen LogP contribution in [-0.4, -0.2) is 12.1 Å². The lowest BCUT2D eigenvalue weighted by atomic mass is 9.93. The molecule has 4 nitrogen and oxygen atoms in total. The smallest absolute Gasteiger partial charge is 0.266 e. The molecule has 1 aromatic carbocycles. The van der Waals surface area contributed by atoms with Crippen LogP contribution in [0.4, 0.5) is 0 Å². The standard InChI is InChI=1S/C18H18N2O2/c1-22-14-8-6-13(7-9-14)17-10-15(12-4-2-3-5-12)16(11-19)18(21)20-17/h6-10,12H,2-5H2,1H3,(H,20,21). The molecule has 1 N–H and O–H groups in total. The third-order valence-electron chi connectivity index (χ3n) is 4.37. The van der Waals surface area contributed by atoms with Crippen molar-refractivity contribution in [2.75, 3.05) is 7.11 Å². The highest BCUT2D eigenvalue weighted by atomic mass is 16.5. The summed E-state index contributed by atoms with van der Waals surface area (Å²) in [4.78, 5) is 15.1. The molecule has 1 aliphatic rings. The molecule has 22 heavy (non-hydrogen) atoms. The van der Waals surface area contributed by atoms with Gasteiger partial charge >= 0.3 is 0 Å². The van der Waals surface area contributed by atoms with Crippen molar-refractivity contribution in [3.05, 3.63) is 51.8 Å². The highest BCUT2D eigenvalue weighted by molar-refractivity contribution is 5.62. The molecule has 4 heteroatoms. The number of benzene rings is 1. The van der Waals surface area contributed by atoms with Gasteiger partial charge in [0.15, 0.2) is 0 Å². The van der Waals surface area contributed by atoms with Gasteiger partial charge in [0.05, 0.1) is 7.11 Å². The second kappa shape index (κ2) is 6.07. The number of nitrogens with zero attached hydrogens (tertiary/aromatic N) is 1. The minimum atomic E-state index is -0.294. The van der Waals surface area contributed by atoms with Crippen LogP contribution in [-0.2, 0) is 0 Å². The molecule has 112 valence electrons. The third kappa shape index (κ3) is 2.62. The molecule has 1 heterocycles. The van der Waals surface area contributed by atoms with Crippen LogP contribution in [0.3, 0.4) is 0 Å². The molecule has 0 radical (unpaired) electrons. The molecule has 1 fully saturated rings. The summed E-state index contributed by atoms with van der Waals surface area (Å²) in [6, 6.07) is 11.6. The Bertz CT molecular complexity index is 763. The number of rotatable bonds is 3. The lowest BCUT2D eigenvalue weighted by molar-refractivity contribution is 0.415. The summed E-state index contributed by atoms with van der Waals surface area (Å²) in [6.07, 6.45) is 4.45. The van der Waals surface area contributed by atoms with E-state index in [1.54, 1.807) is 7.11 Å². The zero-order chi connectivity index (χ0) is 15.5. The van der Waals surface area contributed by atoms with Crippen LogP contribution in [0.25, 0.3) is 11.3 Å². The molecule has 0 unspecified atom stereocenters. The zero-order valence-corrected chi connectivity index (χ0v) is 12.6. The van der Waals surface area contributed by atoms with Crippen LogP contribution in [0.15, 0.2) is 35.1 Å². The number of ether oxygens (including phenoxy) is 1. The van der Waals surface area contributed by atoms with Crippen molar-refractivity contribution in [1.82, 2.24) is 4.98 Å². The predicted molar refractivity (Wildman–Crippen MR) is 85.0 cm³/mol. The highest BCUT2D eigenvalue weighted by Crippen LogP contribution is 2.36. The lowest BCUT2D eigenvalue weighted by Gasteiger charge is -2.13. The minimum absolute atomic E-state index is 0.268. The first-order valence-corrected chi connectivity index (χ1v) is 7.54. The Hall–Kier alpha value is -2.54. The molecule has 1 aliphatic carbocycles. The Morgan fingerprint density at radius 1 is 1.23 bits per heavy atom. The van der Waals surface area contributed by atoms with Gasteiger partial charge in [0, 0.05) is 5.69 Å². The molecule has 1 aromatic heterocycles. The molecular weight excluding hydrogens is 276 g/mol. The summed E-state index contributed by atoms with van der Waals surface area (Å²) in [7, 11) is 1.62. The Kier molecular flexibility index (Phi) is 3.97. The Morgan fingerprint density at radius 3 is 2.50 bits per heavy atom. The van der Waals surface area contributed by atoms with E-state index in [0.717, 1.165) is 35.4 Å². The van der Waals surface area contributed by atoms with Gasteiger partial charge in [-0.15, -0.1) is 0 Å². The normalized spacial score (nSPS) is 14.7. The topological polar surface area (TPSA) is 65.9 Å². The molecule has 2 aromatic rings. The number of hydrogen-bond donors (Lipinski definition) is 1. The van der Waals surface area contributed by atoms with Crippen LogP contribution < -0.4 is 10.3 Å². The Labute approximate surface area is 129 Å². The first-order valence-electron chi connectivity index (χ1n) is 7.54. The average Bonchev–Trinajstić information content (AvgIpc) is 3.08. The molecule has 0 bridgehead atoms. The number of H-pyrrole nitrogens is 1. The Morgan fingerprint density at radius 2 is 1.91 bits per heavy atom. The number of aromatic amines is 1. The van der Waals surface area contributed by atoms with Crippen LogP contribution >= 0.6 is 0 Å². The van der Waals surface area contributed by atoms with Crippen LogP contribution in [0.2, 0.25) is 0 Å². The summed E-state index contributed by atoms with van der Waals surface area (Å²) >= 11 is 0. The van der Waals surface area contributed by atoms with Crippen molar-refractivity contribution >= 4 is 0 Å². The van der Waals surface area contributed by atoms with Gasteiger partial charge in [-0.3, -0.25) is 4.79 Å². The first kappa shape index (κ1) is 14.4. The van der Waals surface area contributed by atoms with Crippen LogP contribution in [0, 0.1) is 11.3 Å². The van der Waals surface area contributed by atoms with E-state index in [9.17, 15) is 10.1 Å². The molecule has 0 saturated heterocycles. The van der Waals surface area contributed by atoms with E-state index in [-0.39, 0.29) is 11.1 Å². The second-order valence-electron chi connectivity index (χ2n) is 5.66. The predicted octanol–water partition coefficient (Wildman–Crippen LogP) is 3.58. The molecule has 1 saturated carbocycles. The number of nitriles is 1. The molecule has 0 atom stereocenters. The van der Waals surface area contributed by atoms with Crippen molar-refractivity contribution in [1.29, 1.82) is 5.26 Å². The van der Waals surface area contributed by atoms with Gasteiger partial charge in [-0.1, -0.05) is 12.8 Å². The van der Waals surface area contributed by atoms with E-state index in [2.05, 4.69) is 11.1 Å². The van der Waals surface area contributed by atoms with Gasteiger partial charge < -0.3 is 9.72 Å². The van der Waals surface area contributed by atoms with Gasteiger partial charge in [-0.05, 0) is 60.2 Å². The van der Waals surface area contributed by atoms with Crippen molar-refractivity contribution in [3.63, 3.8) is 0 Å². The summed E-state index contributed by atoms with van der Waals surface area (Å²) in [5.41, 5.74) is 2.55. The van der Waals surface area contributed by atoms with E-state index >= 15 is 0 Å². The maximum Gasteiger partial charge on any atom is 0.266 e. The number of aromatic nitrogens is 1. The quantitative estimate of drug-likeness (QED) is 0.941. The van der Waals surface area contributed by atoms with Gasteiger partial charge in [0.25, 0.3) is 5.56 Å². The summed E-state index contributed by atoms with van der Waals surface area (Å²) in [5.74, 6) is 1.10. The van der Waals surface area contributed by atoms with Gasteiger partial charge in [0.1, 0.15) is 17.4 Å². The van der Waals surface area contributed by atoms with Gasteiger partial charge in [0.2, 0.25) is 0 Å². The Balaban J connectivity index is 2.08. The van der Waals surface area contributed by atoms with E-state index in [1.807, 2.05) is 30.3 Å². The monoisotopic (exact) mass is 294 g/mol. The summed E-state index contributed by atoms with van der Waals surface area (Å²) in [6.45, 7) is 0. The fraction of sp³-hybridized carbons (Fsp3) is 0.333. The summed E-state index contributed by atoms with van der Waals surface area (Å²) in [5, 5.41) is 9.30. The summed E-state index contributed by atoms with van der Waals surface area (Å²) < 4.78 is 5.16. The van der Waals surface area contributed by atoms with Gasteiger partial charge in [-0.2, -0.15) is 5.26 Å². The molecule has 0 aliphatic heterocycles. The fourth-order valence-electron chi connectivity index (χ4n) is 3.18. The molecule has 0 amide bonds. The van der Waals surface area contributed by atoms with Crippen LogP contribution in [0.5, 0.6) is 5.75 Å². The lowest BCUT2D eigenvalue weighted by Crippen LogP contribution is -2.15. The number of hydrogen-bond acceptors (Lipinski definition) is 3. The molecule has 3 rings (SSSR count). The van der Waals surface area contributed by atoms with Crippen molar-refractivity contribution in [2.45, 2.75) is 31.6 Å². The van der Waals surface area contributed by atoms with E-state index < -0.39 is 0 Å². The minimum Gasteiger partial charge on any atom is -0.497 e. The maximum atomic E-state index is 12.2. The fourth-order valence-corrected chi connectivity index (χ4v) is 3.18. The first-order chi connectivity index (χ1) is 10.7. The highest BCUT2D eigenvalue weighted by Gasteiger charge is 2.22. The largest absolute Gasteiger partial charge is 0.497 e. The van der Waals surface area contributed by atoms with E-state index in [4.69, 9.17) is 4.74 Å². The maximum absolute atomic E-state index is 12.2. The van der Waals surface area contributed by atoms with E-state index in [1.165, 1.54) is 12.8 Å². The number of nitrogens with one attached hydrogen (secondary N) is 1. The number of methoxy groups -OCH3 is 1. The van der Waals surface area contributed by atoms with Crippen LogP contribution in [0.1, 0.15) is 42.7 Å². The molecule has 0 spiro atoms. The SMILES string of the molecule is COc1ccc(-c2cc(C3CCCC3)c(C#N)c(=O)[nH]2)cc1. The number of pyridine rings is 1. The third-order valence-corrected chi connectivity index (χ3v) is 4.37.